The summed E-state index contributed by atoms with van der Waals surface area (Å²) in [5.74, 6) is 0. The first-order chi connectivity index (χ1) is 5.79. The monoisotopic (exact) mass is 200 g/mol. The van der Waals surface area contributed by atoms with E-state index >= 15 is 0 Å². The average Bonchev–Trinajstić information content (AvgIpc) is 2.12. The van der Waals surface area contributed by atoms with Crippen LogP contribution in [0.15, 0.2) is 29.3 Å². The van der Waals surface area contributed by atoms with Crippen LogP contribution in [0.2, 0.25) is 0 Å². The van der Waals surface area contributed by atoms with Crippen molar-refractivity contribution in [2.75, 3.05) is 11.1 Å². The van der Waals surface area contributed by atoms with Gasteiger partial charge in [0.25, 0.3) is 0 Å². The zero-order valence-electron chi connectivity index (χ0n) is 6.17. The minimum Gasteiger partial charge on any atom is -0.263 e. The Balaban J connectivity index is 2.58. The number of rotatable bonds is 0. The minimum absolute atomic E-state index is 0.414. The van der Waals surface area contributed by atoms with E-state index in [1.54, 1.807) is 4.42 Å². The fraction of sp³-hybridized carbons (Fsp3) is 0.125. The van der Waals surface area contributed by atoms with Crippen LogP contribution in [-0.4, -0.2) is 11.8 Å². The van der Waals surface area contributed by atoms with Crippen molar-refractivity contribution in [1.29, 1.82) is 0 Å². The van der Waals surface area contributed by atoms with Crippen molar-refractivity contribution in [3.05, 3.63) is 29.8 Å². The normalized spacial score (nSPS) is 15.5. The molecule has 2 rings (SSSR count). The van der Waals surface area contributed by atoms with Crippen molar-refractivity contribution >= 4 is 34.2 Å². The van der Waals surface area contributed by atoms with E-state index in [0.717, 1.165) is 11.3 Å². The molecule has 0 radical (unpaired) electrons. The van der Waals surface area contributed by atoms with Gasteiger partial charge in [0.1, 0.15) is 11.8 Å². The number of para-hydroxylation sites is 1. The summed E-state index contributed by atoms with van der Waals surface area (Å²) in [5, 5.41) is 0.530. The summed E-state index contributed by atoms with van der Waals surface area (Å²) >= 11 is 11.8. The van der Waals surface area contributed by atoms with Gasteiger partial charge in [-0.05, 0) is 12.1 Å². The first-order valence-corrected chi connectivity index (χ1v) is 4.23. The van der Waals surface area contributed by atoms with Crippen LogP contribution in [-0.2, 0) is 0 Å². The van der Waals surface area contributed by atoms with Crippen molar-refractivity contribution < 1.29 is 0 Å². The molecule has 4 heteroatoms. The number of benzene rings is 1. The fourth-order valence-electron chi connectivity index (χ4n) is 1.15. The maximum absolute atomic E-state index is 5.88. The molecular formula is C8H6Cl2N2. The highest BCUT2D eigenvalue weighted by Gasteiger charge is 2.15. The number of nitrogens with zero attached hydrogens (tertiary/aromatic N) is 2. The molecule has 1 aromatic rings. The van der Waals surface area contributed by atoms with Gasteiger partial charge in [-0.3, -0.25) is 4.42 Å². The summed E-state index contributed by atoms with van der Waals surface area (Å²) in [6.45, 7) is 0.414. The van der Waals surface area contributed by atoms with Crippen LogP contribution < -0.4 is 4.42 Å². The highest BCUT2D eigenvalue weighted by molar-refractivity contribution is 6.70. The van der Waals surface area contributed by atoms with Gasteiger partial charge >= 0.3 is 0 Å². The van der Waals surface area contributed by atoms with Crippen molar-refractivity contribution in [2.24, 2.45) is 4.99 Å². The van der Waals surface area contributed by atoms with Crippen molar-refractivity contribution in [3.8, 4) is 0 Å². The summed E-state index contributed by atoms with van der Waals surface area (Å²) in [6.07, 6.45) is 0. The summed E-state index contributed by atoms with van der Waals surface area (Å²) in [6, 6.07) is 7.64. The largest absolute Gasteiger partial charge is 0.263 e. The lowest BCUT2D eigenvalue weighted by Gasteiger charge is -2.20. The summed E-state index contributed by atoms with van der Waals surface area (Å²) in [5.41, 5.74) is 1.81. The molecule has 0 N–H and O–H groups in total. The van der Waals surface area contributed by atoms with Crippen LogP contribution in [0.4, 0.5) is 5.69 Å². The van der Waals surface area contributed by atoms with E-state index in [1.165, 1.54) is 0 Å². The van der Waals surface area contributed by atoms with Gasteiger partial charge in [-0.1, -0.05) is 23.7 Å². The SMILES string of the molecule is ClC1=NCN(Cl)c2ccccc21. The number of hydrogen-bond donors (Lipinski definition) is 0. The lowest BCUT2D eigenvalue weighted by atomic mass is 10.2. The maximum atomic E-state index is 5.88. The third-order valence-corrected chi connectivity index (χ3v) is 2.33. The van der Waals surface area contributed by atoms with Crippen LogP contribution in [0.25, 0.3) is 0 Å². The quantitative estimate of drug-likeness (QED) is 0.589. The predicted octanol–water partition coefficient (Wildman–Crippen LogP) is 2.60. The Labute approximate surface area is 80.5 Å². The molecule has 12 heavy (non-hydrogen) atoms. The molecule has 1 aromatic carbocycles. The van der Waals surface area contributed by atoms with E-state index in [-0.39, 0.29) is 0 Å². The molecule has 0 fully saturated rings. The fourth-order valence-corrected chi connectivity index (χ4v) is 1.56. The van der Waals surface area contributed by atoms with Gasteiger partial charge < -0.3 is 0 Å². The molecule has 0 unspecified atom stereocenters. The molecule has 0 atom stereocenters. The van der Waals surface area contributed by atoms with Gasteiger partial charge in [-0.15, -0.1) is 0 Å². The van der Waals surface area contributed by atoms with Crippen LogP contribution in [0.3, 0.4) is 0 Å². The first-order valence-electron chi connectivity index (χ1n) is 3.52. The molecule has 0 aromatic heterocycles. The molecule has 0 amide bonds. The molecule has 2 nitrogen and oxygen atoms in total. The molecule has 1 aliphatic heterocycles. The van der Waals surface area contributed by atoms with Crippen LogP contribution in [0, 0.1) is 0 Å². The van der Waals surface area contributed by atoms with Crippen molar-refractivity contribution in [1.82, 2.24) is 0 Å². The highest BCUT2D eigenvalue weighted by Crippen LogP contribution is 2.27. The van der Waals surface area contributed by atoms with Crippen molar-refractivity contribution in [2.45, 2.75) is 0 Å². The maximum Gasteiger partial charge on any atom is 0.135 e. The molecular weight excluding hydrogens is 195 g/mol. The van der Waals surface area contributed by atoms with Crippen LogP contribution >= 0.6 is 23.4 Å². The molecule has 0 spiro atoms. The number of aliphatic imine (C=N–C) groups is 1. The molecule has 0 saturated heterocycles. The second-order valence-electron chi connectivity index (χ2n) is 2.47. The molecule has 1 heterocycles. The van der Waals surface area contributed by atoms with E-state index < -0.39 is 0 Å². The molecule has 62 valence electrons. The lowest BCUT2D eigenvalue weighted by molar-refractivity contribution is 1.03. The lowest BCUT2D eigenvalue weighted by Crippen LogP contribution is -2.18. The van der Waals surface area contributed by atoms with Crippen LogP contribution in [0.5, 0.6) is 0 Å². The third kappa shape index (κ3) is 1.17. The van der Waals surface area contributed by atoms with E-state index in [1.807, 2.05) is 24.3 Å². The Kier molecular flexibility index (Phi) is 1.95. The Morgan fingerprint density at radius 1 is 1.33 bits per heavy atom. The second kappa shape index (κ2) is 2.96. The van der Waals surface area contributed by atoms with Gasteiger partial charge in [-0.25, -0.2) is 4.99 Å². The Hall–Kier alpha value is -0.730. The Morgan fingerprint density at radius 2 is 2.08 bits per heavy atom. The van der Waals surface area contributed by atoms with Crippen molar-refractivity contribution in [3.63, 3.8) is 0 Å². The van der Waals surface area contributed by atoms with Gasteiger partial charge in [0, 0.05) is 17.3 Å². The Bertz CT molecular complexity index is 336. The second-order valence-corrected chi connectivity index (χ2v) is 3.24. The Morgan fingerprint density at radius 3 is 2.83 bits per heavy atom. The van der Waals surface area contributed by atoms with Gasteiger partial charge in [0.2, 0.25) is 0 Å². The van der Waals surface area contributed by atoms with Gasteiger partial charge in [-0.2, -0.15) is 0 Å². The van der Waals surface area contributed by atoms with E-state index in [4.69, 9.17) is 23.4 Å². The number of hydrogen-bond acceptors (Lipinski definition) is 2. The van der Waals surface area contributed by atoms with E-state index in [0.29, 0.717) is 11.8 Å². The molecule has 0 saturated carbocycles. The molecule has 0 aliphatic carbocycles. The summed E-state index contributed by atoms with van der Waals surface area (Å²) < 4.78 is 1.54. The molecule has 0 bridgehead atoms. The smallest absolute Gasteiger partial charge is 0.135 e. The topological polar surface area (TPSA) is 15.6 Å². The van der Waals surface area contributed by atoms with Crippen LogP contribution in [0.1, 0.15) is 5.56 Å². The predicted molar refractivity (Wildman–Crippen MR) is 52.0 cm³/mol. The van der Waals surface area contributed by atoms with Gasteiger partial charge in [0.15, 0.2) is 0 Å². The third-order valence-electron chi connectivity index (χ3n) is 1.72. The number of fused-ring (bicyclic) bond motifs is 1. The first kappa shape index (κ1) is 7.90. The van der Waals surface area contributed by atoms with Gasteiger partial charge in [0.05, 0.1) is 5.69 Å². The number of anilines is 1. The minimum atomic E-state index is 0.414. The van der Waals surface area contributed by atoms with E-state index in [9.17, 15) is 0 Å². The molecule has 1 aliphatic rings. The highest BCUT2D eigenvalue weighted by atomic mass is 35.5. The zero-order chi connectivity index (χ0) is 8.55. The standard InChI is InChI=1S/C8H6Cl2N2/c9-8-6-3-1-2-4-7(6)12(10)5-11-8/h1-4H,5H2. The summed E-state index contributed by atoms with van der Waals surface area (Å²) in [4.78, 5) is 4.03. The van der Waals surface area contributed by atoms with E-state index in [2.05, 4.69) is 4.99 Å². The number of halogens is 2. The summed E-state index contributed by atoms with van der Waals surface area (Å²) in [7, 11) is 0. The zero-order valence-corrected chi connectivity index (χ0v) is 7.68. The average molecular weight is 201 g/mol.